The molecule has 4 aromatic rings. The summed E-state index contributed by atoms with van der Waals surface area (Å²) in [6.45, 7) is 4.27. The summed E-state index contributed by atoms with van der Waals surface area (Å²) in [6.07, 6.45) is 3.88. The Morgan fingerprint density at radius 1 is 1.12 bits per heavy atom. The van der Waals surface area contributed by atoms with E-state index in [1.165, 1.54) is 11.3 Å². The van der Waals surface area contributed by atoms with Gasteiger partial charge in [-0.2, -0.15) is 0 Å². The van der Waals surface area contributed by atoms with E-state index >= 15 is 0 Å². The standard InChI is InChI=1S/C21H18N2O2S/c1-14-12-15(2)22-20-17(14)18(23-10-6-7-11-23)19(26-20)21(24)25-13-16-8-4-3-5-9-16/h3-12H,13H2,1-2H3. The molecule has 3 aromatic heterocycles. The second kappa shape index (κ2) is 6.77. The van der Waals surface area contributed by atoms with Crippen molar-refractivity contribution < 1.29 is 9.53 Å². The van der Waals surface area contributed by atoms with Crippen molar-refractivity contribution in [3.63, 3.8) is 0 Å². The van der Waals surface area contributed by atoms with E-state index in [4.69, 9.17) is 4.74 Å². The molecule has 130 valence electrons. The number of esters is 1. The fourth-order valence-corrected chi connectivity index (χ4v) is 4.27. The monoisotopic (exact) mass is 362 g/mol. The Morgan fingerprint density at radius 3 is 2.58 bits per heavy atom. The van der Waals surface area contributed by atoms with E-state index in [1.54, 1.807) is 0 Å². The molecule has 1 aromatic carbocycles. The Balaban J connectivity index is 1.77. The first kappa shape index (κ1) is 16.5. The molecule has 0 spiro atoms. The number of ether oxygens (including phenoxy) is 1. The van der Waals surface area contributed by atoms with Crippen molar-refractivity contribution >= 4 is 27.5 Å². The van der Waals surface area contributed by atoms with E-state index in [-0.39, 0.29) is 12.6 Å². The van der Waals surface area contributed by atoms with Gasteiger partial charge in [0.25, 0.3) is 0 Å². The average Bonchev–Trinajstić information content (AvgIpc) is 3.27. The molecule has 0 aliphatic heterocycles. The summed E-state index contributed by atoms with van der Waals surface area (Å²) in [5.41, 5.74) is 3.86. The lowest BCUT2D eigenvalue weighted by Crippen LogP contribution is -2.07. The molecule has 4 nitrogen and oxygen atoms in total. The number of aromatic nitrogens is 2. The zero-order valence-corrected chi connectivity index (χ0v) is 15.4. The van der Waals surface area contributed by atoms with Crippen LogP contribution < -0.4 is 0 Å². The summed E-state index contributed by atoms with van der Waals surface area (Å²) in [7, 11) is 0. The van der Waals surface area contributed by atoms with Crippen molar-refractivity contribution in [1.82, 2.24) is 9.55 Å². The summed E-state index contributed by atoms with van der Waals surface area (Å²) in [5.74, 6) is -0.322. The lowest BCUT2D eigenvalue weighted by Gasteiger charge is -2.08. The number of carbonyl (C=O) groups is 1. The van der Waals surface area contributed by atoms with Gasteiger partial charge < -0.3 is 9.30 Å². The predicted molar refractivity (Wildman–Crippen MR) is 104 cm³/mol. The van der Waals surface area contributed by atoms with E-state index in [9.17, 15) is 4.79 Å². The van der Waals surface area contributed by atoms with Crippen molar-refractivity contribution in [1.29, 1.82) is 0 Å². The summed E-state index contributed by atoms with van der Waals surface area (Å²) in [4.78, 5) is 18.9. The van der Waals surface area contributed by atoms with Gasteiger partial charge in [0, 0.05) is 23.5 Å². The van der Waals surface area contributed by atoms with Crippen LogP contribution in [0.1, 0.15) is 26.5 Å². The minimum Gasteiger partial charge on any atom is -0.457 e. The van der Waals surface area contributed by atoms with Gasteiger partial charge in [-0.1, -0.05) is 30.3 Å². The van der Waals surface area contributed by atoms with Crippen molar-refractivity contribution in [2.75, 3.05) is 0 Å². The van der Waals surface area contributed by atoms with Crippen molar-refractivity contribution in [3.8, 4) is 5.69 Å². The fourth-order valence-electron chi connectivity index (χ4n) is 3.08. The first-order chi connectivity index (χ1) is 12.6. The normalized spacial score (nSPS) is 11.0. The highest BCUT2D eigenvalue weighted by atomic mass is 32.1. The Labute approximate surface area is 155 Å². The minimum absolute atomic E-state index is 0.254. The number of thiophene rings is 1. The van der Waals surface area contributed by atoms with Crippen LogP contribution in [-0.4, -0.2) is 15.5 Å². The zero-order chi connectivity index (χ0) is 18.1. The van der Waals surface area contributed by atoms with E-state index < -0.39 is 0 Å². The minimum atomic E-state index is -0.322. The Morgan fingerprint density at radius 2 is 1.85 bits per heavy atom. The van der Waals surface area contributed by atoms with Crippen LogP contribution in [0.3, 0.4) is 0 Å². The molecule has 0 aliphatic carbocycles. The van der Waals surface area contributed by atoms with Gasteiger partial charge >= 0.3 is 5.97 Å². The van der Waals surface area contributed by atoms with Crippen LogP contribution in [0.2, 0.25) is 0 Å². The molecule has 0 saturated carbocycles. The molecule has 0 radical (unpaired) electrons. The first-order valence-electron chi connectivity index (χ1n) is 8.38. The summed E-state index contributed by atoms with van der Waals surface area (Å²) < 4.78 is 7.54. The quantitative estimate of drug-likeness (QED) is 0.477. The molecule has 0 bridgehead atoms. The second-order valence-corrected chi connectivity index (χ2v) is 7.19. The molecular weight excluding hydrogens is 344 g/mol. The van der Waals surface area contributed by atoms with Crippen LogP contribution in [0.15, 0.2) is 60.9 Å². The fraction of sp³-hybridized carbons (Fsp3) is 0.143. The van der Waals surface area contributed by atoms with Gasteiger partial charge in [0.15, 0.2) is 0 Å². The van der Waals surface area contributed by atoms with Crippen molar-refractivity contribution in [3.05, 3.63) is 82.6 Å². The predicted octanol–water partition coefficient (Wildman–Crippen LogP) is 5.06. The molecule has 5 heteroatoms. The third-order valence-corrected chi connectivity index (χ3v) is 5.28. The molecule has 0 fully saturated rings. The van der Waals surface area contributed by atoms with E-state index in [0.29, 0.717) is 4.88 Å². The molecule has 26 heavy (non-hydrogen) atoms. The van der Waals surface area contributed by atoms with Crippen LogP contribution in [-0.2, 0) is 11.3 Å². The maximum atomic E-state index is 12.8. The van der Waals surface area contributed by atoms with Crippen LogP contribution in [0.25, 0.3) is 15.9 Å². The molecule has 0 amide bonds. The van der Waals surface area contributed by atoms with E-state index in [0.717, 1.165) is 32.7 Å². The Kier molecular flexibility index (Phi) is 4.31. The lowest BCUT2D eigenvalue weighted by molar-refractivity contribution is 0.0478. The maximum absolute atomic E-state index is 12.8. The van der Waals surface area contributed by atoms with Gasteiger partial charge in [-0.15, -0.1) is 11.3 Å². The number of pyridine rings is 1. The highest BCUT2D eigenvalue weighted by Crippen LogP contribution is 2.36. The molecule has 0 atom stereocenters. The van der Waals surface area contributed by atoms with Gasteiger partial charge in [-0.25, -0.2) is 9.78 Å². The molecule has 4 rings (SSSR count). The topological polar surface area (TPSA) is 44.1 Å². The Bertz CT molecular complexity index is 1070. The van der Waals surface area contributed by atoms with E-state index in [2.05, 4.69) is 11.9 Å². The number of aryl methyl sites for hydroxylation is 2. The van der Waals surface area contributed by atoms with Gasteiger partial charge in [0.05, 0.1) is 5.69 Å². The van der Waals surface area contributed by atoms with E-state index in [1.807, 2.05) is 72.4 Å². The molecule has 0 aliphatic rings. The number of rotatable bonds is 4. The van der Waals surface area contributed by atoms with Crippen molar-refractivity contribution in [2.45, 2.75) is 20.5 Å². The SMILES string of the molecule is Cc1cc(C)c2c(-n3cccc3)c(C(=O)OCc3ccccc3)sc2n1. The van der Waals surface area contributed by atoms with Gasteiger partial charge in [-0.3, -0.25) is 0 Å². The average molecular weight is 362 g/mol. The molecule has 0 saturated heterocycles. The highest BCUT2D eigenvalue weighted by molar-refractivity contribution is 7.21. The summed E-state index contributed by atoms with van der Waals surface area (Å²) >= 11 is 1.39. The zero-order valence-electron chi connectivity index (χ0n) is 14.6. The lowest BCUT2D eigenvalue weighted by atomic mass is 10.1. The van der Waals surface area contributed by atoms with Crippen molar-refractivity contribution in [2.24, 2.45) is 0 Å². The second-order valence-electron chi connectivity index (χ2n) is 6.19. The molecule has 0 unspecified atom stereocenters. The smallest absolute Gasteiger partial charge is 0.350 e. The number of fused-ring (bicyclic) bond motifs is 1. The number of benzene rings is 1. The number of hydrogen-bond acceptors (Lipinski definition) is 4. The number of carbonyl (C=O) groups excluding carboxylic acids is 1. The third-order valence-electron chi connectivity index (χ3n) is 4.22. The van der Waals surface area contributed by atoms with Crippen LogP contribution in [0.4, 0.5) is 0 Å². The molecular formula is C21H18N2O2S. The molecule has 3 heterocycles. The maximum Gasteiger partial charge on any atom is 0.350 e. The highest BCUT2D eigenvalue weighted by Gasteiger charge is 2.23. The Hall–Kier alpha value is -2.92. The summed E-state index contributed by atoms with van der Waals surface area (Å²) in [5, 5.41) is 1.00. The number of hydrogen-bond donors (Lipinski definition) is 0. The largest absolute Gasteiger partial charge is 0.457 e. The van der Waals surface area contributed by atoms with Crippen LogP contribution in [0, 0.1) is 13.8 Å². The van der Waals surface area contributed by atoms with Crippen LogP contribution >= 0.6 is 11.3 Å². The number of nitrogens with zero attached hydrogens (tertiary/aromatic N) is 2. The summed E-state index contributed by atoms with van der Waals surface area (Å²) in [6, 6.07) is 15.6. The van der Waals surface area contributed by atoms with Gasteiger partial charge in [0.1, 0.15) is 16.3 Å². The van der Waals surface area contributed by atoms with Gasteiger partial charge in [-0.05, 0) is 43.2 Å². The van der Waals surface area contributed by atoms with Crippen LogP contribution in [0.5, 0.6) is 0 Å². The van der Waals surface area contributed by atoms with Gasteiger partial charge in [0.2, 0.25) is 0 Å². The third kappa shape index (κ3) is 3.02. The first-order valence-corrected chi connectivity index (χ1v) is 9.20. The molecule has 0 N–H and O–H groups in total.